The lowest BCUT2D eigenvalue weighted by Gasteiger charge is -2.01. The van der Waals surface area contributed by atoms with Crippen LogP contribution >= 0.6 is 11.6 Å². The quantitative estimate of drug-likeness (QED) is 0.775. The highest BCUT2D eigenvalue weighted by molar-refractivity contribution is 6.16. The molecule has 3 heteroatoms. The summed E-state index contributed by atoms with van der Waals surface area (Å²) in [5.74, 6) is 0.324. The number of nitrogens with one attached hydrogen (secondary N) is 1. The fourth-order valence-electron chi connectivity index (χ4n) is 1.44. The first-order valence-corrected chi connectivity index (χ1v) is 5.18. The summed E-state index contributed by atoms with van der Waals surface area (Å²) in [6.45, 7) is 0. The number of rotatable bonds is 2. The molecular weight excluding hydrogens is 210 g/mol. The molecule has 0 radical (unpaired) electrons. The Morgan fingerprint density at radius 2 is 1.80 bits per heavy atom. The fourth-order valence-corrected chi connectivity index (χ4v) is 1.59. The lowest BCUT2D eigenvalue weighted by Crippen LogP contribution is -2.10. The number of aromatic amines is 1. The first-order chi connectivity index (χ1) is 7.31. The summed E-state index contributed by atoms with van der Waals surface area (Å²) in [5, 5.41) is 0. The Kier molecular flexibility index (Phi) is 2.88. The minimum atomic E-state index is -0.0978. The SMILES string of the molecule is O=c1[nH]c(CCl)ccc1-c1ccccc1. The van der Waals surface area contributed by atoms with Crippen LogP contribution in [-0.2, 0) is 5.88 Å². The van der Waals surface area contributed by atoms with Gasteiger partial charge >= 0.3 is 0 Å². The molecule has 76 valence electrons. The van der Waals surface area contributed by atoms with E-state index in [1.807, 2.05) is 36.4 Å². The fraction of sp³-hybridized carbons (Fsp3) is 0.0833. The predicted molar refractivity (Wildman–Crippen MR) is 62.1 cm³/mol. The van der Waals surface area contributed by atoms with Crippen LogP contribution in [0.3, 0.4) is 0 Å². The number of aromatic nitrogens is 1. The van der Waals surface area contributed by atoms with E-state index in [0.29, 0.717) is 11.4 Å². The van der Waals surface area contributed by atoms with E-state index in [1.165, 1.54) is 0 Å². The maximum Gasteiger partial charge on any atom is 0.256 e. The molecule has 0 fully saturated rings. The zero-order chi connectivity index (χ0) is 10.7. The zero-order valence-corrected chi connectivity index (χ0v) is 8.79. The van der Waals surface area contributed by atoms with Crippen LogP contribution in [0.25, 0.3) is 11.1 Å². The van der Waals surface area contributed by atoms with Gasteiger partial charge in [-0.2, -0.15) is 0 Å². The molecule has 0 saturated heterocycles. The Morgan fingerprint density at radius 1 is 1.07 bits per heavy atom. The first-order valence-electron chi connectivity index (χ1n) is 4.65. The summed E-state index contributed by atoms with van der Waals surface area (Å²) in [4.78, 5) is 14.4. The van der Waals surface area contributed by atoms with Crippen LogP contribution in [0.2, 0.25) is 0 Å². The second-order valence-corrected chi connectivity index (χ2v) is 3.49. The van der Waals surface area contributed by atoms with Gasteiger partial charge in [0, 0.05) is 11.3 Å². The van der Waals surface area contributed by atoms with Gasteiger partial charge in [0.2, 0.25) is 0 Å². The normalized spacial score (nSPS) is 10.2. The maximum absolute atomic E-state index is 11.7. The second kappa shape index (κ2) is 4.32. The van der Waals surface area contributed by atoms with Crippen LogP contribution in [0, 0.1) is 0 Å². The highest BCUT2D eigenvalue weighted by atomic mass is 35.5. The van der Waals surface area contributed by atoms with E-state index in [4.69, 9.17) is 11.6 Å². The molecule has 0 atom stereocenters. The molecular formula is C12H10ClNO. The summed E-state index contributed by atoms with van der Waals surface area (Å²) >= 11 is 5.63. The minimum Gasteiger partial charge on any atom is -0.324 e. The van der Waals surface area contributed by atoms with Crippen molar-refractivity contribution in [2.75, 3.05) is 0 Å². The van der Waals surface area contributed by atoms with Crippen molar-refractivity contribution in [2.24, 2.45) is 0 Å². The van der Waals surface area contributed by atoms with E-state index < -0.39 is 0 Å². The summed E-state index contributed by atoms with van der Waals surface area (Å²) in [7, 11) is 0. The summed E-state index contributed by atoms with van der Waals surface area (Å²) in [6.07, 6.45) is 0. The Morgan fingerprint density at radius 3 is 2.40 bits per heavy atom. The Bertz CT molecular complexity index is 505. The number of hydrogen-bond acceptors (Lipinski definition) is 1. The molecule has 1 N–H and O–H groups in total. The van der Waals surface area contributed by atoms with Gasteiger partial charge in [0.25, 0.3) is 5.56 Å². The van der Waals surface area contributed by atoms with Crippen molar-refractivity contribution in [2.45, 2.75) is 5.88 Å². The molecule has 0 amide bonds. The number of H-pyrrole nitrogens is 1. The molecule has 2 rings (SSSR count). The molecule has 1 aromatic carbocycles. The molecule has 2 aromatic rings. The third-order valence-corrected chi connectivity index (χ3v) is 2.49. The van der Waals surface area contributed by atoms with Gasteiger partial charge in [0.05, 0.1) is 5.88 Å². The summed E-state index contributed by atoms with van der Waals surface area (Å²) in [6, 6.07) is 13.2. The van der Waals surface area contributed by atoms with Crippen molar-refractivity contribution in [3.63, 3.8) is 0 Å². The van der Waals surface area contributed by atoms with Gasteiger partial charge in [-0.1, -0.05) is 30.3 Å². The van der Waals surface area contributed by atoms with E-state index in [0.717, 1.165) is 11.3 Å². The molecule has 0 aliphatic carbocycles. The topological polar surface area (TPSA) is 32.9 Å². The summed E-state index contributed by atoms with van der Waals surface area (Å²) < 4.78 is 0. The van der Waals surface area contributed by atoms with Crippen molar-refractivity contribution in [3.05, 3.63) is 58.5 Å². The van der Waals surface area contributed by atoms with Crippen LogP contribution in [-0.4, -0.2) is 4.98 Å². The largest absolute Gasteiger partial charge is 0.324 e. The van der Waals surface area contributed by atoms with Crippen molar-refractivity contribution >= 4 is 11.6 Å². The van der Waals surface area contributed by atoms with Crippen LogP contribution in [0.15, 0.2) is 47.3 Å². The number of hydrogen-bond donors (Lipinski definition) is 1. The molecule has 0 saturated carbocycles. The van der Waals surface area contributed by atoms with Crippen LogP contribution in [0.4, 0.5) is 0 Å². The standard InChI is InChI=1S/C12H10ClNO/c13-8-10-6-7-11(12(15)14-10)9-4-2-1-3-5-9/h1-7H,8H2,(H,14,15). The van der Waals surface area contributed by atoms with E-state index in [-0.39, 0.29) is 5.56 Å². The van der Waals surface area contributed by atoms with Crippen molar-refractivity contribution < 1.29 is 0 Å². The number of benzene rings is 1. The molecule has 1 aromatic heterocycles. The van der Waals surface area contributed by atoms with Crippen LogP contribution in [0.5, 0.6) is 0 Å². The monoisotopic (exact) mass is 219 g/mol. The smallest absolute Gasteiger partial charge is 0.256 e. The van der Waals surface area contributed by atoms with Gasteiger partial charge in [0.15, 0.2) is 0 Å². The average Bonchev–Trinajstić information content (AvgIpc) is 2.30. The maximum atomic E-state index is 11.7. The zero-order valence-electron chi connectivity index (χ0n) is 8.03. The van der Waals surface area contributed by atoms with Gasteiger partial charge < -0.3 is 4.98 Å². The van der Waals surface area contributed by atoms with Gasteiger partial charge in [-0.15, -0.1) is 11.6 Å². The van der Waals surface area contributed by atoms with Gasteiger partial charge in [-0.05, 0) is 17.7 Å². The van der Waals surface area contributed by atoms with E-state index in [9.17, 15) is 4.79 Å². The predicted octanol–water partition coefficient (Wildman–Crippen LogP) is 2.78. The van der Waals surface area contributed by atoms with E-state index in [1.54, 1.807) is 6.07 Å². The molecule has 0 aliphatic heterocycles. The van der Waals surface area contributed by atoms with Gasteiger partial charge in [-0.25, -0.2) is 0 Å². The lowest BCUT2D eigenvalue weighted by atomic mass is 10.1. The highest BCUT2D eigenvalue weighted by Gasteiger charge is 2.02. The summed E-state index contributed by atoms with van der Waals surface area (Å²) in [5.41, 5.74) is 2.23. The van der Waals surface area contributed by atoms with E-state index in [2.05, 4.69) is 4.98 Å². The molecule has 0 bridgehead atoms. The van der Waals surface area contributed by atoms with Crippen LogP contribution in [0.1, 0.15) is 5.69 Å². The van der Waals surface area contributed by atoms with E-state index >= 15 is 0 Å². The Labute approximate surface area is 92.5 Å². The van der Waals surface area contributed by atoms with Gasteiger partial charge in [-0.3, -0.25) is 4.79 Å². The molecule has 0 unspecified atom stereocenters. The highest BCUT2D eigenvalue weighted by Crippen LogP contribution is 2.14. The Hall–Kier alpha value is -1.54. The third-order valence-electron chi connectivity index (χ3n) is 2.20. The Balaban J connectivity index is 2.51. The molecule has 0 spiro atoms. The molecule has 1 heterocycles. The van der Waals surface area contributed by atoms with Crippen molar-refractivity contribution in [1.29, 1.82) is 0 Å². The number of halogens is 1. The lowest BCUT2D eigenvalue weighted by molar-refractivity contribution is 1.12. The number of pyridine rings is 1. The van der Waals surface area contributed by atoms with Crippen molar-refractivity contribution in [3.8, 4) is 11.1 Å². The average molecular weight is 220 g/mol. The molecule has 15 heavy (non-hydrogen) atoms. The first kappa shape index (κ1) is 9.99. The number of alkyl halides is 1. The molecule has 0 aliphatic rings. The molecule has 2 nitrogen and oxygen atoms in total. The second-order valence-electron chi connectivity index (χ2n) is 3.23. The minimum absolute atomic E-state index is 0.0978. The van der Waals surface area contributed by atoms with Crippen LogP contribution < -0.4 is 5.56 Å². The van der Waals surface area contributed by atoms with Crippen molar-refractivity contribution in [1.82, 2.24) is 4.98 Å². The third kappa shape index (κ3) is 2.10. The van der Waals surface area contributed by atoms with Gasteiger partial charge in [0.1, 0.15) is 0 Å².